The lowest BCUT2D eigenvalue weighted by molar-refractivity contribution is -0.114. The van der Waals surface area contributed by atoms with Crippen LogP contribution in [0.5, 0.6) is 0 Å². The lowest BCUT2D eigenvalue weighted by Gasteiger charge is -2.18. The van der Waals surface area contributed by atoms with Gasteiger partial charge in [-0.25, -0.2) is 0 Å². The van der Waals surface area contributed by atoms with Crippen LogP contribution in [0, 0.1) is 0 Å². The Morgan fingerprint density at radius 1 is 1.13 bits per heavy atom. The number of benzene rings is 2. The molecule has 0 saturated carbocycles. The molecule has 23 heavy (non-hydrogen) atoms. The third-order valence-electron chi connectivity index (χ3n) is 3.43. The number of amides is 2. The molecule has 0 saturated heterocycles. The van der Waals surface area contributed by atoms with Crippen LogP contribution < -0.4 is 10.6 Å². The Bertz CT molecular complexity index is 698. The van der Waals surface area contributed by atoms with Gasteiger partial charge in [-0.3, -0.25) is 9.59 Å². The second-order valence-electron chi connectivity index (χ2n) is 5.25. The first-order valence-corrected chi connectivity index (χ1v) is 7.81. The molecule has 2 aromatic rings. The summed E-state index contributed by atoms with van der Waals surface area (Å²) in [5.41, 5.74) is 2.11. The molecule has 0 bridgehead atoms. The summed E-state index contributed by atoms with van der Waals surface area (Å²) in [4.78, 5) is 23.6. The fourth-order valence-corrected chi connectivity index (χ4v) is 2.43. The van der Waals surface area contributed by atoms with Gasteiger partial charge in [-0.05, 0) is 42.3 Å². The van der Waals surface area contributed by atoms with Gasteiger partial charge < -0.3 is 10.6 Å². The van der Waals surface area contributed by atoms with Crippen LogP contribution in [0.1, 0.15) is 42.2 Å². The average Bonchev–Trinajstić information content (AvgIpc) is 2.53. The Kier molecular flexibility index (Phi) is 5.77. The van der Waals surface area contributed by atoms with E-state index in [9.17, 15) is 9.59 Å². The molecule has 5 heteroatoms. The Morgan fingerprint density at radius 3 is 2.43 bits per heavy atom. The Morgan fingerprint density at radius 2 is 1.83 bits per heavy atom. The summed E-state index contributed by atoms with van der Waals surface area (Å²) in [5.74, 6) is -0.353. The van der Waals surface area contributed by atoms with E-state index in [1.165, 1.54) is 6.92 Å². The second-order valence-corrected chi connectivity index (χ2v) is 5.68. The largest absolute Gasteiger partial charge is 0.345 e. The van der Waals surface area contributed by atoms with Crippen LogP contribution >= 0.6 is 11.6 Å². The van der Waals surface area contributed by atoms with E-state index in [2.05, 4.69) is 10.6 Å². The monoisotopic (exact) mass is 330 g/mol. The number of carbonyl (C=O) groups excluding carboxylic acids is 2. The first kappa shape index (κ1) is 17.0. The van der Waals surface area contributed by atoms with Crippen LogP contribution in [0.2, 0.25) is 5.02 Å². The zero-order valence-corrected chi connectivity index (χ0v) is 13.9. The zero-order chi connectivity index (χ0) is 16.8. The van der Waals surface area contributed by atoms with Gasteiger partial charge in [-0.1, -0.05) is 36.7 Å². The number of rotatable bonds is 5. The fraction of sp³-hybridized carbons (Fsp3) is 0.222. The summed E-state index contributed by atoms with van der Waals surface area (Å²) in [5, 5.41) is 6.34. The summed E-state index contributed by atoms with van der Waals surface area (Å²) in [6.07, 6.45) is 0.763. The maximum absolute atomic E-state index is 12.4. The van der Waals surface area contributed by atoms with Crippen molar-refractivity contribution in [3.05, 3.63) is 64.7 Å². The summed E-state index contributed by atoms with van der Waals surface area (Å²) < 4.78 is 0. The van der Waals surface area contributed by atoms with Gasteiger partial charge in [0.05, 0.1) is 6.04 Å². The summed E-state index contributed by atoms with van der Waals surface area (Å²) in [6, 6.07) is 14.2. The number of hydrogen-bond donors (Lipinski definition) is 2. The molecule has 0 fully saturated rings. The van der Waals surface area contributed by atoms with E-state index in [-0.39, 0.29) is 17.9 Å². The highest BCUT2D eigenvalue weighted by atomic mass is 35.5. The normalized spacial score (nSPS) is 11.6. The number of nitrogens with one attached hydrogen (secondary N) is 2. The number of carbonyl (C=O) groups is 2. The predicted molar refractivity (Wildman–Crippen MR) is 92.7 cm³/mol. The molecule has 0 spiro atoms. The molecule has 0 unspecified atom stereocenters. The molecule has 2 amide bonds. The quantitative estimate of drug-likeness (QED) is 0.864. The number of halogens is 1. The number of anilines is 1. The van der Waals surface area contributed by atoms with Crippen LogP contribution in [-0.4, -0.2) is 11.8 Å². The lowest BCUT2D eigenvalue weighted by Crippen LogP contribution is -2.28. The van der Waals surface area contributed by atoms with Gasteiger partial charge in [0.25, 0.3) is 5.91 Å². The summed E-state index contributed by atoms with van der Waals surface area (Å²) >= 11 is 5.90. The molecule has 0 heterocycles. The maximum Gasteiger partial charge on any atom is 0.251 e. The molecule has 1 atom stereocenters. The molecular formula is C18H19ClN2O2. The highest BCUT2D eigenvalue weighted by molar-refractivity contribution is 6.30. The Labute approximate surface area is 140 Å². The molecule has 0 aliphatic carbocycles. The predicted octanol–water partition coefficient (Wildman–Crippen LogP) is 4.18. The summed E-state index contributed by atoms with van der Waals surface area (Å²) in [7, 11) is 0. The highest BCUT2D eigenvalue weighted by Crippen LogP contribution is 2.20. The zero-order valence-electron chi connectivity index (χ0n) is 13.1. The SMILES string of the molecule is CC[C@@H](NC(=O)c1cccc(NC(C)=O)c1)c1ccc(Cl)cc1. The third-order valence-corrected chi connectivity index (χ3v) is 3.68. The second kappa shape index (κ2) is 7.79. The minimum atomic E-state index is -0.181. The summed E-state index contributed by atoms with van der Waals surface area (Å²) in [6.45, 7) is 3.44. The molecule has 0 aliphatic heterocycles. The van der Waals surface area contributed by atoms with Crippen molar-refractivity contribution in [1.29, 1.82) is 0 Å². The van der Waals surface area contributed by atoms with Crippen molar-refractivity contribution in [1.82, 2.24) is 5.32 Å². The molecule has 0 aliphatic rings. The van der Waals surface area contributed by atoms with Crippen molar-refractivity contribution in [2.75, 3.05) is 5.32 Å². The fourth-order valence-electron chi connectivity index (χ4n) is 2.30. The smallest absolute Gasteiger partial charge is 0.251 e. The van der Waals surface area contributed by atoms with E-state index in [0.29, 0.717) is 16.3 Å². The van der Waals surface area contributed by atoms with E-state index in [1.54, 1.807) is 24.3 Å². The van der Waals surface area contributed by atoms with Crippen molar-refractivity contribution in [2.45, 2.75) is 26.3 Å². The topological polar surface area (TPSA) is 58.2 Å². The van der Waals surface area contributed by atoms with E-state index in [0.717, 1.165) is 12.0 Å². The van der Waals surface area contributed by atoms with E-state index in [4.69, 9.17) is 11.6 Å². The first-order valence-electron chi connectivity index (χ1n) is 7.43. The van der Waals surface area contributed by atoms with Crippen LogP contribution in [0.15, 0.2) is 48.5 Å². The van der Waals surface area contributed by atoms with Crippen LogP contribution in [0.4, 0.5) is 5.69 Å². The van der Waals surface area contributed by atoms with Gasteiger partial charge >= 0.3 is 0 Å². The molecule has 2 rings (SSSR count). The molecular weight excluding hydrogens is 312 g/mol. The van der Waals surface area contributed by atoms with Gasteiger partial charge in [-0.2, -0.15) is 0 Å². The molecule has 2 N–H and O–H groups in total. The van der Waals surface area contributed by atoms with Gasteiger partial charge in [0.1, 0.15) is 0 Å². The van der Waals surface area contributed by atoms with Crippen LogP contribution in [0.25, 0.3) is 0 Å². The van der Waals surface area contributed by atoms with Crippen molar-refractivity contribution >= 4 is 29.1 Å². The molecule has 120 valence electrons. The standard InChI is InChI=1S/C18H19ClN2O2/c1-3-17(13-7-9-15(19)10-8-13)21-18(23)14-5-4-6-16(11-14)20-12(2)22/h4-11,17H,3H2,1-2H3,(H,20,22)(H,21,23)/t17-/m1/s1. The molecule has 0 radical (unpaired) electrons. The van der Waals surface area contributed by atoms with Gasteiger partial charge in [0.15, 0.2) is 0 Å². The Hall–Kier alpha value is -2.33. The Balaban J connectivity index is 2.13. The minimum absolute atomic E-state index is 0.0933. The van der Waals surface area contributed by atoms with Crippen molar-refractivity contribution in [3.8, 4) is 0 Å². The molecule has 2 aromatic carbocycles. The average molecular weight is 331 g/mol. The van der Waals surface area contributed by atoms with E-state index < -0.39 is 0 Å². The van der Waals surface area contributed by atoms with Gasteiger partial charge in [0, 0.05) is 23.2 Å². The highest BCUT2D eigenvalue weighted by Gasteiger charge is 2.14. The van der Waals surface area contributed by atoms with E-state index >= 15 is 0 Å². The van der Waals surface area contributed by atoms with Crippen molar-refractivity contribution < 1.29 is 9.59 Å². The molecule has 4 nitrogen and oxygen atoms in total. The third kappa shape index (κ3) is 4.83. The van der Waals surface area contributed by atoms with Crippen LogP contribution in [0.3, 0.4) is 0 Å². The number of hydrogen-bond acceptors (Lipinski definition) is 2. The van der Waals surface area contributed by atoms with Gasteiger partial charge in [0.2, 0.25) is 5.91 Å². The molecule has 0 aromatic heterocycles. The van der Waals surface area contributed by atoms with Crippen molar-refractivity contribution in [2.24, 2.45) is 0 Å². The minimum Gasteiger partial charge on any atom is -0.345 e. The lowest BCUT2D eigenvalue weighted by atomic mass is 10.0. The van der Waals surface area contributed by atoms with E-state index in [1.807, 2.05) is 31.2 Å². The van der Waals surface area contributed by atoms with Crippen molar-refractivity contribution in [3.63, 3.8) is 0 Å². The van der Waals surface area contributed by atoms with Gasteiger partial charge in [-0.15, -0.1) is 0 Å². The first-order chi connectivity index (χ1) is 11.0. The maximum atomic E-state index is 12.4. The van der Waals surface area contributed by atoms with Crippen LogP contribution in [-0.2, 0) is 4.79 Å².